The number of benzene rings is 2. The molecule has 0 bridgehead atoms. The lowest BCUT2D eigenvalue weighted by atomic mass is 10.2. The molecule has 176 valence electrons. The van der Waals surface area contributed by atoms with Crippen LogP contribution in [0.4, 0.5) is 5.69 Å². The van der Waals surface area contributed by atoms with Crippen LogP contribution < -0.4 is 4.31 Å². The van der Waals surface area contributed by atoms with Crippen molar-refractivity contribution in [2.24, 2.45) is 0 Å². The summed E-state index contributed by atoms with van der Waals surface area (Å²) in [4.78, 5) is 2.58. The maximum Gasteiger partial charge on any atom is 0.264 e. The maximum atomic E-state index is 13.6. The summed E-state index contributed by atoms with van der Waals surface area (Å²) < 4.78 is 35.9. The molecule has 3 aromatic rings. The molecule has 0 N–H and O–H groups in total. The molecule has 1 saturated heterocycles. The summed E-state index contributed by atoms with van der Waals surface area (Å²) in [5, 5.41) is 5.07. The molecule has 1 aliphatic heterocycles. The number of hydrogen-bond donors (Lipinski definition) is 0. The van der Waals surface area contributed by atoms with Crippen LogP contribution in [0.2, 0.25) is 5.02 Å². The number of rotatable bonds is 9. The van der Waals surface area contributed by atoms with E-state index >= 15 is 0 Å². The highest BCUT2D eigenvalue weighted by Crippen LogP contribution is 2.32. The van der Waals surface area contributed by atoms with Gasteiger partial charge in [0.15, 0.2) is 0 Å². The van der Waals surface area contributed by atoms with Gasteiger partial charge >= 0.3 is 0 Å². The lowest BCUT2D eigenvalue weighted by Crippen LogP contribution is -2.35. The summed E-state index contributed by atoms with van der Waals surface area (Å²) in [7, 11) is -3.76. The number of aromatic nitrogens is 2. The average molecular weight is 489 g/mol. The van der Waals surface area contributed by atoms with E-state index in [0.29, 0.717) is 22.9 Å². The van der Waals surface area contributed by atoms with Crippen molar-refractivity contribution < 1.29 is 13.2 Å². The second-order valence-corrected chi connectivity index (χ2v) is 10.4. The first-order valence-corrected chi connectivity index (χ1v) is 13.0. The summed E-state index contributed by atoms with van der Waals surface area (Å²) in [5.74, 6) is 0. The van der Waals surface area contributed by atoms with Crippen molar-refractivity contribution in [2.75, 3.05) is 37.2 Å². The minimum Gasteiger partial charge on any atom is -0.379 e. The molecule has 0 radical (unpaired) electrons. The van der Waals surface area contributed by atoms with Crippen molar-refractivity contribution in [1.82, 2.24) is 14.7 Å². The zero-order chi connectivity index (χ0) is 23.3. The van der Waals surface area contributed by atoms with Crippen molar-refractivity contribution in [3.63, 3.8) is 0 Å². The van der Waals surface area contributed by atoms with Crippen LogP contribution >= 0.6 is 11.6 Å². The van der Waals surface area contributed by atoms with Gasteiger partial charge in [0.2, 0.25) is 0 Å². The van der Waals surface area contributed by atoms with Crippen LogP contribution in [0.3, 0.4) is 0 Å². The van der Waals surface area contributed by atoms with Crippen LogP contribution in [-0.2, 0) is 21.3 Å². The van der Waals surface area contributed by atoms with E-state index in [9.17, 15) is 8.42 Å². The summed E-state index contributed by atoms with van der Waals surface area (Å²) in [6.45, 7) is 6.40. The van der Waals surface area contributed by atoms with Gasteiger partial charge in [0, 0.05) is 43.0 Å². The number of unbranched alkanes of at least 4 members (excludes halogenated alkanes) is 1. The molecule has 33 heavy (non-hydrogen) atoms. The predicted octanol–water partition coefficient (Wildman–Crippen LogP) is 4.35. The molecule has 0 aliphatic carbocycles. The maximum absolute atomic E-state index is 13.6. The van der Waals surface area contributed by atoms with Crippen LogP contribution in [0.5, 0.6) is 0 Å². The van der Waals surface area contributed by atoms with E-state index in [1.54, 1.807) is 47.1 Å². The Balaban J connectivity index is 1.71. The van der Waals surface area contributed by atoms with E-state index in [-0.39, 0.29) is 4.90 Å². The van der Waals surface area contributed by atoms with E-state index in [1.807, 2.05) is 25.4 Å². The molecule has 1 fully saturated rings. The zero-order valence-corrected chi connectivity index (χ0v) is 20.3. The second-order valence-electron chi connectivity index (χ2n) is 8.06. The Hall–Kier alpha value is -2.39. The summed E-state index contributed by atoms with van der Waals surface area (Å²) in [6, 6.07) is 13.8. The molecule has 0 saturated carbocycles. The van der Waals surface area contributed by atoms with Gasteiger partial charge in [-0.05, 0) is 36.8 Å². The Morgan fingerprint density at radius 3 is 2.61 bits per heavy atom. The van der Waals surface area contributed by atoms with Crippen LogP contribution in [0.25, 0.3) is 5.69 Å². The third-order valence-electron chi connectivity index (χ3n) is 5.64. The van der Waals surface area contributed by atoms with Gasteiger partial charge in [-0.25, -0.2) is 13.1 Å². The second kappa shape index (κ2) is 10.7. The third kappa shape index (κ3) is 5.58. The highest BCUT2D eigenvalue weighted by atomic mass is 35.5. The number of sulfonamides is 1. The zero-order valence-electron chi connectivity index (χ0n) is 18.7. The van der Waals surface area contributed by atoms with Gasteiger partial charge in [0.1, 0.15) is 0 Å². The van der Waals surface area contributed by atoms with E-state index < -0.39 is 10.0 Å². The first-order chi connectivity index (χ1) is 16.0. The quantitative estimate of drug-likeness (QED) is 0.448. The number of nitrogens with zero attached hydrogens (tertiary/aromatic N) is 4. The normalized spacial score (nSPS) is 15.0. The number of morpholine rings is 1. The van der Waals surface area contributed by atoms with Crippen LogP contribution in [0, 0.1) is 0 Å². The summed E-state index contributed by atoms with van der Waals surface area (Å²) >= 11 is 6.34. The summed E-state index contributed by atoms with van der Waals surface area (Å²) in [5.41, 5.74) is 2.23. The lowest BCUT2D eigenvalue weighted by Gasteiger charge is -2.27. The molecule has 1 aromatic heterocycles. The van der Waals surface area contributed by atoms with Crippen molar-refractivity contribution in [2.45, 2.75) is 31.2 Å². The molecule has 4 rings (SSSR count). The van der Waals surface area contributed by atoms with Gasteiger partial charge in [-0.3, -0.25) is 9.21 Å². The van der Waals surface area contributed by atoms with Crippen LogP contribution in [0.15, 0.2) is 65.8 Å². The van der Waals surface area contributed by atoms with Gasteiger partial charge < -0.3 is 4.74 Å². The van der Waals surface area contributed by atoms with E-state index in [4.69, 9.17) is 16.3 Å². The van der Waals surface area contributed by atoms with Crippen LogP contribution in [0.1, 0.15) is 25.3 Å². The number of hydrogen-bond acceptors (Lipinski definition) is 5. The Labute approximate surface area is 200 Å². The Morgan fingerprint density at radius 1 is 1.12 bits per heavy atom. The minimum atomic E-state index is -3.76. The Morgan fingerprint density at radius 2 is 1.88 bits per heavy atom. The highest BCUT2D eigenvalue weighted by Gasteiger charge is 2.27. The van der Waals surface area contributed by atoms with Gasteiger partial charge in [0.05, 0.1) is 35.7 Å². The minimum absolute atomic E-state index is 0.260. The molecule has 1 aliphatic rings. The molecule has 0 atom stereocenters. The first kappa shape index (κ1) is 23.8. The largest absolute Gasteiger partial charge is 0.379 e. The SMILES string of the molecule is CCCCN(c1ccc(Cl)cc1-n1cc(CN2CCOCC2)cn1)S(=O)(=O)c1ccccc1. The molecule has 7 nitrogen and oxygen atoms in total. The van der Waals surface area contributed by atoms with E-state index in [1.165, 1.54) is 4.31 Å². The molecule has 2 aromatic carbocycles. The third-order valence-corrected chi connectivity index (χ3v) is 7.71. The monoisotopic (exact) mass is 488 g/mol. The van der Waals surface area contributed by atoms with Crippen molar-refractivity contribution in [3.05, 3.63) is 71.5 Å². The molecule has 2 heterocycles. The molecule has 0 unspecified atom stereocenters. The molecular formula is C24H29ClN4O3S. The highest BCUT2D eigenvalue weighted by molar-refractivity contribution is 7.92. The van der Waals surface area contributed by atoms with E-state index in [0.717, 1.165) is 51.3 Å². The molecular weight excluding hydrogens is 460 g/mol. The lowest BCUT2D eigenvalue weighted by molar-refractivity contribution is 0.0342. The first-order valence-electron chi connectivity index (χ1n) is 11.2. The van der Waals surface area contributed by atoms with Crippen LogP contribution in [-0.4, -0.2) is 55.9 Å². The topological polar surface area (TPSA) is 67.7 Å². The fourth-order valence-corrected chi connectivity index (χ4v) is 5.58. The van der Waals surface area contributed by atoms with E-state index in [2.05, 4.69) is 10.00 Å². The Kier molecular flexibility index (Phi) is 7.70. The van der Waals surface area contributed by atoms with Gasteiger partial charge in [-0.15, -0.1) is 0 Å². The molecule has 9 heteroatoms. The number of anilines is 1. The number of halogens is 1. The average Bonchev–Trinajstić information content (AvgIpc) is 3.29. The number of ether oxygens (including phenoxy) is 1. The predicted molar refractivity (Wildman–Crippen MR) is 131 cm³/mol. The smallest absolute Gasteiger partial charge is 0.264 e. The fourth-order valence-electron chi connectivity index (χ4n) is 3.87. The van der Waals surface area contributed by atoms with Gasteiger partial charge in [-0.2, -0.15) is 5.10 Å². The fraction of sp³-hybridized carbons (Fsp3) is 0.375. The summed E-state index contributed by atoms with van der Waals surface area (Å²) in [6.07, 6.45) is 5.37. The standard InChI is InChI=1S/C24H29ClN4O3S/c1-2-3-11-29(33(30,31)22-7-5-4-6-8-22)23-10-9-21(25)16-24(23)28-19-20(17-26-28)18-27-12-14-32-15-13-27/h4-10,16-17,19H,2-3,11-15,18H2,1H3. The van der Waals surface area contributed by atoms with Gasteiger partial charge in [0.25, 0.3) is 10.0 Å². The van der Waals surface area contributed by atoms with Crippen molar-refractivity contribution in [1.29, 1.82) is 0 Å². The molecule has 0 amide bonds. The van der Waals surface area contributed by atoms with Crippen molar-refractivity contribution >= 4 is 27.3 Å². The Bertz CT molecular complexity index is 1160. The molecule has 0 spiro atoms. The van der Waals surface area contributed by atoms with Crippen molar-refractivity contribution in [3.8, 4) is 5.69 Å². The van der Waals surface area contributed by atoms with Gasteiger partial charge in [-0.1, -0.05) is 43.1 Å².